The fraction of sp³-hybridized carbons (Fsp3) is 0.933. The zero-order valence-electron chi connectivity index (χ0n) is 12.6. The first-order valence-corrected chi connectivity index (χ1v) is 6.84. The summed E-state index contributed by atoms with van der Waals surface area (Å²) in [5.74, 6) is 1.05. The van der Waals surface area contributed by atoms with E-state index in [0.29, 0.717) is 11.9 Å². The summed E-state index contributed by atoms with van der Waals surface area (Å²) in [4.78, 5) is 14.7. The van der Waals surface area contributed by atoms with Crippen molar-refractivity contribution >= 4 is 5.91 Å². The third-order valence-electron chi connectivity index (χ3n) is 3.78. The van der Waals surface area contributed by atoms with Gasteiger partial charge < -0.3 is 4.90 Å². The van der Waals surface area contributed by atoms with Crippen LogP contribution in [0, 0.1) is 16.7 Å². The Balaban J connectivity index is 2.83. The summed E-state index contributed by atoms with van der Waals surface area (Å²) in [7, 11) is 0. The molecule has 17 heavy (non-hydrogen) atoms. The van der Waals surface area contributed by atoms with Crippen molar-refractivity contribution in [2.45, 2.75) is 67.3 Å². The van der Waals surface area contributed by atoms with E-state index in [1.54, 1.807) is 0 Å². The number of hydrogen-bond donors (Lipinski definition) is 0. The van der Waals surface area contributed by atoms with Crippen LogP contribution in [0.4, 0.5) is 0 Å². The van der Waals surface area contributed by atoms with Crippen molar-refractivity contribution in [1.29, 1.82) is 0 Å². The Labute approximate surface area is 107 Å². The van der Waals surface area contributed by atoms with Crippen LogP contribution in [0.15, 0.2) is 0 Å². The number of nitrogens with zero attached hydrogens (tertiary/aromatic N) is 1. The highest BCUT2D eigenvalue weighted by Gasteiger charge is 2.37. The lowest BCUT2D eigenvalue weighted by atomic mass is 9.84. The van der Waals surface area contributed by atoms with Crippen LogP contribution >= 0.6 is 0 Å². The molecule has 1 amide bonds. The first-order chi connectivity index (χ1) is 7.53. The predicted octanol–water partition coefficient (Wildman–Crippen LogP) is 3.71. The summed E-state index contributed by atoms with van der Waals surface area (Å²) in [6, 6.07) is 0.301. The SMILES string of the molecule is C[C@H](N(CC1CC1)C(=O)C(C)(C)C)C(C)(C)C. The van der Waals surface area contributed by atoms with Crippen molar-refractivity contribution < 1.29 is 4.79 Å². The van der Waals surface area contributed by atoms with Gasteiger partial charge in [-0.15, -0.1) is 0 Å². The van der Waals surface area contributed by atoms with Crippen molar-refractivity contribution in [1.82, 2.24) is 4.90 Å². The summed E-state index contributed by atoms with van der Waals surface area (Å²) >= 11 is 0. The van der Waals surface area contributed by atoms with Gasteiger partial charge >= 0.3 is 0 Å². The number of carbonyl (C=O) groups is 1. The third-order valence-corrected chi connectivity index (χ3v) is 3.78. The van der Waals surface area contributed by atoms with Crippen molar-refractivity contribution in [2.24, 2.45) is 16.7 Å². The zero-order chi connectivity index (χ0) is 13.4. The summed E-state index contributed by atoms with van der Waals surface area (Å²) in [6.45, 7) is 15.8. The molecule has 0 unspecified atom stereocenters. The number of rotatable bonds is 3. The van der Waals surface area contributed by atoms with E-state index in [2.05, 4.69) is 32.6 Å². The number of hydrogen-bond acceptors (Lipinski definition) is 1. The molecule has 2 heteroatoms. The van der Waals surface area contributed by atoms with E-state index in [-0.39, 0.29) is 10.8 Å². The van der Waals surface area contributed by atoms with Gasteiger partial charge in [0.05, 0.1) is 0 Å². The Morgan fingerprint density at radius 1 is 1.18 bits per heavy atom. The molecule has 0 aromatic rings. The molecule has 100 valence electrons. The minimum atomic E-state index is -0.269. The minimum Gasteiger partial charge on any atom is -0.339 e. The van der Waals surface area contributed by atoms with Gasteiger partial charge in [-0.2, -0.15) is 0 Å². The van der Waals surface area contributed by atoms with Gasteiger partial charge in [-0.25, -0.2) is 0 Å². The summed E-state index contributed by atoms with van der Waals surface area (Å²) in [5, 5.41) is 0. The van der Waals surface area contributed by atoms with E-state index in [9.17, 15) is 4.79 Å². The molecule has 0 aromatic carbocycles. The van der Waals surface area contributed by atoms with Crippen LogP contribution in [0.25, 0.3) is 0 Å². The van der Waals surface area contributed by atoms with Gasteiger partial charge in [0.2, 0.25) is 5.91 Å². The van der Waals surface area contributed by atoms with Gasteiger partial charge in [0, 0.05) is 18.0 Å². The summed E-state index contributed by atoms with van der Waals surface area (Å²) in [5.41, 5.74) is -0.121. The molecule has 0 spiro atoms. The van der Waals surface area contributed by atoms with E-state index in [4.69, 9.17) is 0 Å². The van der Waals surface area contributed by atoms with E-state index in [1.165, 1.54) is 12.8 Å². The van der Waals surface area contributed by atoms with Crippen LogP contribution in [-0.4, -0.2) is 23.4 Å². The molecule has 1 saturated carbocycles. The first-order valence-electron chi connectivity index (χ1n) is 6.84. The lowest BCUT2D eigenvalue weighted by molar-refractivity contribution is -0.144. The monoisotopic (exact) mass is 239 g/mol. The molecule has 0 radical (unpaired) electrons. The van der Waals surface area contributed by atoms with Gasteiger partial charge in [0.1, 0.15) is 0 Å². The van der Waals surface area contributed by atoms with Crippen LogP contribution in [0.1, 0.15) is 61.3 Å². The second-order valence-corrected chi connectivity index (χ2v) is 7.69. The maximum absolute atomic E-state index is 12.5. The number of amides is 1. The minimum absolute atomic E-state index is 0.149. The second-order valence-electron chi connectivity index (χ2n) is 7.69. The highest BCUT2D eigenvalue weighted by Crippen LogP contribution is 2.35. The molecule has 1 aliphatic rings. The molecule has 1 fully saturated rings. The van der Waals surface area contributed by atoms with Crippen LogP contribution in [0.3, 0.4) is 0 Å². The highest BCUT2D eigenvalue weighted by atomic mass is 16.2. The lowest BCUT2D eigenvalue weighted by Gasteiger charge is -2.41. The smallest absolute Gasteiger partial charge is 0.228 e. The molecule has 0 heterocycles. The Morgan fingerprint density at radius 2 is 1.65 bits per heavy atom. The van der Waals surface area contributed by atoms with Crippen LogP contribution < -0.4 is 0 Å². The zero-order valence-corrected chi connectivity index (χ0v) is 12.6. The summed E-state index contributed by atoms with van der Waals surface area (Å²) < 4.78 is 0. The highest BCUT2D eigenvalue weighted by molar-refractivity contribution is 5.82. The Kier molecular flexibility index (Phi) is 3.95. The molecule has 0 saturated heterocycles. The Hall–Kier alpha value is -0.530. The Bertz CT molecular complexity index is 278. The fourth-order valence-electron chi connectivity index (χ4n) is 1.89. The first kappa shape index (κ1) is 14.5. The van der Waals surface area contributed by atoms with E-state index >= 15 is 0 Å². The van der Waals surface area contributed by atoms with Gasteiger partial charge in [0.15, 0.2) is 0 Å². The van der Waals surface area contributed by atoms with E-state index in [0.717, 1.165) is 12.5 Å². The van der Waals surface area contributed by atoms with Crippen molar-refractivity contribution in [3.8, 4) is 0 Å². The molecule has 0 bridgehead atoms. The molecule has 1 rings (SSSR count). The van der Waals surface area contributed by atoms with Crippen molar-refractivity contribution in [3.05, 3.63) is 0 Å². The largest absolute Gasteiger partial charge is 0.339 e. The molecular weight excluding hydrogens is 210 g/mol. The maximum Gasteiger partial charge on any atom is 0.228 e. The number of carbonyl (C=O) groups excluding carboxylic acids is 1. The van der Waals surface area contributed by atoms with Gasteiger partial charge in [0.25, 0.3) is 0 Å². The summed E-state index contributed by atoms with van der Waals surface area (Å²) in [6.07, 6.45) is 2.59. The standard InChI is InChI=1S/C15H29NO/c1-11(14(2,3)4)16(10-12-8-9-12)13(17)15(5,6)7/h11-12H,8-10H2,1-7H3/t11-/m0/s1. The Morgan fingerprint density at radius 3 is 1.94 bits per heavy atom. The predicted molar refractivity (Wildman–Crippen MR) is 72.8 cm³/mol. The van der Waals surface area contributed by atoms with Crippen molar-refractivity contribution in [2.75, 3.05) is 6.54 Å². The van der Waals surface area contributed by atoms with Crippen LogP contribution in [0.2, 0.25) is 0 Å². The maximum atomic E-state index is 12.5. The molecule has 1 atom stereocenters. The molecule has 0 N–H and O–H groups in total. The molecular formula is C15H29NO. The van der Waals surface area contributed by atoms with Gasteiger partial charge in [-0.1, -0.05) is 41.5 Å². The quantitative estimate of drug-likeness (QED) is 0.735. The normalized spacial score (nSPS) is 19.0. The molecule has 2 nitrogen and oxygen atoms in total. The lowest BCUT2D eigenvalue weighted by Crippen LogP contribution is -2.50. The average Bonchev–Trinajstić information content (AvgIpc) is 2.92. The second kappa shape index (κ2) is 4.62. The van der Waals surface area contributed by atoms with E-state index in [1.807, 2.05) is 20.8 Å². The van der Waals surface area contributed by atoms with Gasteiger partial charge in [-0.05, 0) is 31.1 Å². The molecule has 1 aliphatic carbocycles. The molecule has 0 aromatic heterocycles. The fourth-order valence-corrected chi connectivity index (χ4v) is 1.89. The topological polar surface area (TPSA) is 20.3 Å². The van der Waals surface area contributed by atoms with Crippen LogP contribution in [-0.2, 0) is 4.79 Å². The third kappa shape index (κ3) is 4.01. The van der Waals surface area contributed by atoms with Crippen molar-refractivity contribution in [3.63, 3.8) is 0 Å². The average molecular weight is 239 g/mol. The van der Waals surface area contributed by atoms with Crippen LogP contribution in [0.5, 0.6) is 0 Å². The van der Waals surface area contributed by atoms with E-state index < -0.39 is 0 Å². The molecule has 0 aliphatic heterocycles. The van der Waals surface area contributed by atoms with Gasteiger partial charge in [-0.3, -0.25) is 4.79 Å².